The molecule has 0 spiro atoms. The normalized spacial score (nSPS) is 14.1. The maximum Gasteiger partial charge on any atom is 0.221 e. The van der Waals surface area contributed by atoms with Crippen LogP contribution in [-0.2, 0) is 4.79 Å². The minimum atomic E-state index is -0.0456. The molecule has 1 aromatic carbocycles. The van der Waals surface area contributed by atoms with Gasteiger partial charge in [0.05, 0.1) is 0 Å². The molecule has 0 radical (unpaired) electrons. The first-order valence-electron chi connectivity index (χ1n) is 5.77. The Bertz CT molecular complexity index is 362. The fourth-order valence-electron chi connectivity index (χ4n) is 1.62. The molecule has 0 bridgehead atoms. The Morgan fingerprint density at radius 1 is 1.35 bits per heavy atom. The third kappa shape index (κ3) is 5.75. The summed E-state index contributed by atoms with van der Waals surface area (Å²) >= 11 is 1.81. The molecule has 4 heteroatoms. The van der Waals surface area contributed by atoms with Gasteiger partial charge in [-0.3, -0.25) is 4.79 Å². The molecular weight excluding hydrogens is 232 g/mol. The molecule has 0 saturated heterocycles. The molecule has 17 heavy (non-hydrogen) atoms. The Hall–Kier alpha value is -1.00. The van der Waals surface area contributed by atoms with Gasteiger partial charge in [0, 0.05) is 28.8 Å². The second-order valence-corrected chi connectivity index (χ2v) is 5.86. The van der Waals surface area contributed by atoms with E-state index in [2.05, 4.69) is 12.2 Å². The van der Waals surface area contributed by atoms with Crippen LogP contribution >= 0.6 is 11.8 Å². The van der Waals surface area contributed by atoms with Crippen LogP contribution in [0.2, 0.25) is 0 Å². The van der Waals surface area contributed by atoms with E-state index in [1.54, 1.807) is 11.8 Å². The SMILES string of the molecule is CC(=O)Nc1ccc(SC(C)CC(C)N)cc1. The van der Waals surface area contributed by atoms with E-state index in [9.17, 15) is 4.79 Å². The van der Waals surface area contributed by atoms with Gasteiger partial charge in [-0.1, -0.05) is 6.92 Å². The van der Waals surface area contributed by atoms with E-state index in [-0.39, 0.29) is 11.9 Å². The van der Waals surface area contributed by atoms with Crippen molar-refractivity contribution in [3.63, 3.8) is 0 Å². The molecule has 0 aromatic heterocycles. The summed E-state index contributed by atoms with van der Waals surface area (Å²) in [6.45, 7) is 5.71. The van der Waals surface area contributed by atoms with Crippen molar-refractivity contribution in [3.8, 4) is 0 Å². The lowest BCUT2D eigenvalue weighted by Crippen LogP contribution is -2.19. The van der Waals surface area contributed by atoms with Gasteiger partial charge in [-0.2, -0.15) is 0 Å². The van der Waals surface area contributed by atoms with Crippen molar-refractivity contribution in [1.82, 2.24) is 0 Å². The zero-order valence-corrected chi connectivity index (χ0v) is 11.4. The molecule has 0 fully saturated rings. The highest BCUT2D eigenvalue weighted by molar-refractivity contribution is 7.99. The highest BCUT2D eigenvalue weighted by Crippen LogP contribution is 2.26. The van der Waals surface area contributed by atoms with Gasteiger partial charge < -0.3 is 11.1 Å². The van der Waals surface area contributed by atoms with E-state index in [1.165, 1.54) is 11.8 Å². The Labute approximate surface area is 107 Å². The lowest BCUT2D eigenvalue weighted by molar-refractivity contribution is -0.114. The maximum atomic E-state index is 10.9. The van der Waals surface area contributed by atoms with E-state index in [1.807, 2.05) is 31.2 Å². The van der Waals surface area contributed by atoms with Crippen LogP contribution in [0.5, 0.6) is 0 Å². The summed E-state index contributed by atoms with van der Waals surface area (Å²) in [7, 11) is 0. The van der Waals surface area contributed by atoms with Gasteiger partial charge in [-0.15, -0.1) is 11.8 Å². The number of hydrogen-bond acceptors (Lipinski definition) is 3. The van der Waals surface area contributed by atoms with Crippen molar-refractivity contribution in [2.75, 3.05) is 5.32 Å². The van der Waals surface area contributed by atoms with Crippen molar-refractivity contribution in [3.05, 3.63) is 24.3 Å². The average molecular weight is 252 g/mol. The fraction of sp³-hybridized carbons (Fsp3) is 0.462. The first kappa shape index (κ1) is 14.1. The summed E-state index contributed by atoms with van der Waals surface area (Å²) in [5.74, 6) is -0.0456. The molecule has 1 aromatic rings. The average Bonchev–Trinajstić information content (AvgIpc) is 2.18. The van der Waals surface area contributed by atoms with Crippen LogP contribution < -0.4 is 11.1 Å². The molecule has 0 heterocycles. The highest BCUT2D eigenvalue weighted by Gasteiger charge is 2.07. The number of hydrogen-bond donors (Lipinski definition) is 2. The largest absolute Gasteiger partial charge is 0.328 e. The third-order valence-corrected chi connectivity index (χ3v) is 3.35. The van der Waals surface area contributed by atoms with Crippen molar-refractivity contribution in [2.45, 2.75) is 43.4 Å². The van der Waals surface area contributed by atoms with Crippen molar-refractivity contribution < 1.29 is 4.79 Å². The lowest BCUT2D eigenvalue weighted by Gasteiger charge is -2.13. The van der Waals surface area contributed by atoms with Gasteiger partial charge in [0.2, 0.25) is 5.91 Å². The Morgan fingerprint density at radius 2 is 1.94 bits per heavy atom. The van der Waals surface area contributed by atoms with Gasteiger partial charge in [0.1, 0.15) is 0 Å². The first-order valence-corrected chi connectivity index (χ1v) is 6.65. The fourth-order valence-corrected chi connectivity index (χ4v) is 2.78. The summed E-state index contributed by atoms with van der Waals surface area (Å²) in [6.07, 6.45) is 0.998. The number of nitrogens with one attached hydrogen (secondary N) is 1. The summed E-state index contributed by atoms with van der Waals surface area (Å²) in [6, 6.07) is 8.11. The molecule has 94 valence electrons. The molecule has 2 unspecified atom stereocenters. The van der Waals surface area contributed by atoms with Gasteiger partial charge in [-0.25, -0.2) is 0 Å². The van der Waals surface area contributed by atoms with Crippen LogP contribution in [0.4, 0.5) is 5.69 Å². The maximum absolute atomic E-state index is 10.9. The molecule has 0 saturated carbocycles. The predicted octanol–water partition coefficient (Wildman–Crippen LogP) is 2.86. The standard InChI is InChI=1S/C13H20N2OS/c1-9(14)8-10(2)17-13-6-4-12(5-7-13)15-11(3)16/h4-7,9-10H,8,14H2,1-3H3,(H,15,16). The van der Waals surface area contributed by atoms with Crippen molar-refractivity contribution in [1.29, 1.82) is 0 Å². The monoisotopic (exact) mass is 252 g/mol. The molecule has 0 aliphatic heterocycles. The molecule has 1 amide bonds. The van der Waals surface area contributed by atoms with Crippen LogP contribution in [-0.4, -0.2) is 17.2 Å². The van der Waals surface area contributed by atoms with E-state index < -0.39 is 0 Å². The zero-order chi connectivity index (χ0) is 12.8. The van der Waals surface area contributed by atoms with Crippen LogP contribution in [0.25, 0.3) is 0 Å². The van der Waals surface area contributed by atoms with Crippen LogP contribution in [0.15, 0.2) is 29.2 Å². The molecule has 3 N–H and O–H groups in total. The number of anilines is 1. The Balaban J connectivity index is 2.53. The van der Waals surface area contributed by atoms with Gasteiger partial charge >= 0.3 is 0 Å². The lowest BCUT2D eigenvalue weighted by atomic mass is 10.2. The minimum Gasteiger partial charge on any atom is -0.328 e. The number of rotatable bonds is 5. The summed E-state index contributed by atoms with van der Waals surface area (Å²) in [5.41, 5.74) is 6.60. The number of carbonyl (C=O) groups is 1. The van der Waals surface area contributed by atoms with Crippen molar-refractivity contribution >= 4 is 23.4 Å². The minimum absolute atomic E-state index is 0.0456. The summed E-state index contributed by atoms with van der Waals surface area (Å²) < 4.78 is 0. The Kier molecular flexibility index (Phi) is 5.51. The number of carbonyl (C=O) groups excluding carboxylic acids is 1. The predicted molar refractivity (Wildman–Crippen MR) is 74.3 cm³/mol. The molecule has 1 rings (SSSR count). The topological polar surface area (TPSA) is 55.1 Å². The second-order valence-electron chi connectivity index (χ2n) is 4.35. The highest BCUT2D eigenvalue weighted by atomic mass is 32.2. The van der Waals surface area contributed by atoms with E-state index in [4.69, 9.17) is 5.73 Å². The van der Waals surface area contributed by atoms with Crippen LogP contribution in [0.3, 0.4) is 0 Å². The Morgan fingerprint density at radius 3 is 2.41 bits per heavy atom. The summed E-state index contributed by atoms with van der Waals surface area (Å²) in [5, 5.41) is 3.25. The quantitative estimate of drug-likeness (QED) is 0.792. The summed E-state index contributed by atoms with van der Waals surface area (Å²) in [4.78, 5) is 12.1. The van der Waals surface area contributed by atoms with Gasteiger partial charge in [0.25, 0.3) is 0 Å². The molecule has 2 atom stereocenters. The van der Waals surface area contributed by atoms with Gasteiger partial charge in [-0.05, 0) is 37.6 Å². The molecule has 3 nitrogen and oxygen atoms in total. The zero-order valence-electron chi connectivity index (χ0n) is 10.6. The van der Waals surface area contributed by atoms with Crippen LogP contribution in [0, 0.1) is 0 Å². The number of benzene rings is 1. The first-order chi connectivity index (χ1) is 7.97. The smallest absolute Gasteiger partial charge is 0.221 e. The van der Waals surface area contributed by atoms with E-state index >= 15 is 0 Å². The number of nitrogens with two attached hydrogens (primary N) is 1. The van der Waals surface area contributed by atoms with Crippen molar-refractivity contribution in [2.24, 2.45) is 5.73 Å². The molecular formula is C13H20N2OS. The van der Waals surface area contributed by atoms with E-state index in [0.29, 0.717) is 5.25 Å². The van der Waals surface area contributed by atoms with Crippen LogP contribution in [0.1, 0.15) is 27.2 Å². The third-order valence-electron chi connectivity index (χ3n) is 2.22. The number of thioether (sulfide) groups is 1. The van der Waals surface area contributed by atoms with Gasteiger partial charge in [0.15, 0.2) is 0 Å². The van der Waals surface area contributed by atoms with E-state index in [0.717, 1.165) is 12.1 Å². The molecule has 0 aliphatic rings. The second kappa shape index (κ2) is 6.67. The number of amides is 1. The molecule has 0 aliphatic carbocycles.